The van der Waals surface area contributed by atoms with Crippen LogP contribution in [-0.4, -0.2) is 11.0 Å². The van der Waals surface area contributed by atoms with Gasteiger partial charge in [0.1, 0.15) is 11.9 Å². The van der Waals surface area contributed by atoms with Crippen molar-refractivity contribution in [3.63, 3.8) is 0 Å². The Hall–Kier alpha value is -2.25. The quantitative estimate of drug-likeness (QED) is 0.926. The lowest BCUT2D eigenvalue weighted by Gasteiger charge is -2.10. The minimum atomic E-state index is -0.310. The number of nitriles is 1. The molecular formula is C16H16FN3. The van der Waals surface area contributed by atoms with Crippen LogP contribution in [0.4, 0.5) is 4.39 Å². The van der Waals surface area contributed by atoms with Crippen LogP contribution in [0, 0.1) is 17.1 Å². The van der Waals surface area contributed by atoms with Crippen molar-refractivity contribution in [2.45, 2.75) is 26.4 Å². The number of benzene rings is 1. The third kappa shape index (κ3) is 3.40. The molecule has 1 heterocycles. The molecule has 4 heteroatoms. The maximum absolute atomic E-state index is 14.0. The number of nitrogens with one attached hydrogen (secondary N) is 1. The fraction of sp³-hybridized carbons (Fsp3) is 0.250. The van der Waals surface area contributed by atoms with Crippen molar-refractivity contribution in [2.24, 2.45) is 0 Å². The van der Waals surface area contributed by atoms with Gasteiger partial charge in [0.2, 0.25) is 0 Å². The molecule has 0 saturated carbocycles. The minimum Gasteiger partial charge on any atom is -0.310 e. The molecule has 0 spiro atoms. The van der Waals surface area contributed by atoms with Gasteiger partial charge in [-0.05, 0) is 23.8 Å². The molecule has 0 aliphatic rings. The molecule has 102 valence electrons. The van der Waals surface area contributed by atoms with E-state index in [1.54, 1.807) is 24.4 Å². The third-order valence-corrected chi connectivity index (χ3v) is 2.92. The molecule has 2 rings (SSSR count). The minimum absolute atomic E-state index is 0.310. The molecule has 0 saturated heterocycles. The number of nitrogens with zero attached hydrogens (tertiary/aromatic N) is 2. The predicted molar refractivity (Wildman–Crippen MR) is 76.3 cm³/mol. The summed E-state index contributed by atoms with van der Waals surface area (Å²) >= 11 is 0. The van der Waals surface area contributed by atoms with Crippen LogP contribution in [0.15, 0.2) is 36.7 Å². The Kier molecular flexibility index (Phi) is 4.44. The first-order chi connectivity index (χ1) is 9.60. The summed E-state index contributed by atoms with van der Waals surface area (Å²) in [4.78, 5) is 3.97. The average Bonchev–Trinajstić information content (AvgIpc) is 2.46. The topological polar surface area (TPSA) is 48.7 Å². The molecule has 20 heavy (non-hydrogen) atoms. The van der Waals surface area contributed by atoms with Crippen LogP contribution in [0.1, 0.15) is 25.0 Å². The monoisotopic (exact) mass is 269 g/mol. The number of rotatable bonds is 4. The van der Waals surface area contributed by atoms with E-state index in [1.165, 1.54) is 12.3 Å². The number of pyridine rings is 1. The molecule has 0 bridgehead atoms. The van der Waals surface area contributed by atoms with Gasteiger partial charge in [0.05, 0.1) is 5.56 Å². The Morgan fingerprint density at radius 1 is 1.30 bits per heavy atom. The van der Waals surface area contributed by atoms with E-state index in [9.17, 15) is 4.39 Å². The summed E-state index contributed by atoms with van der Waals surface area (Å²) in [6.07, 6.45) is 3.03. The van der Waals surface area contributed by atoms with E-state index in [1.807, 2.05) is 6.07 Å². The molecule has 3 nitrogen and oxygen atoms in total. The van der Waals surface area contributed by atoms with Crippen LogP contribution in [0.3, 0.4) is 0 Å². The normalized spacial score (nSPS) is 10.6. The average molecular weight is 269 g/mol. The standard InChI is InChI=1S/C16H16FN3/c1-11(2)20-9-12-3-4-16(17)15(6-12)14-5-13(7-18)8-19-10-14/h3-6,8,10-11,20H,9H2,1-2H3. The first-order valence-electron chi connectivity index (χ1n) is 6.47. The van der Waals surface area contributed by atoms with Gasteiger partial charge in [-0.25, -0.2) is 4.39 Å². The summed E-state index contributed by atoms with van der Waals surface area (Å²) in [5.74, 6) is -0.310. The first-order valence-corrected chi connectivity index (χ1v) is 6.47. The summed E-state index contributed by atoms with van der Waals surface area (Å²) < 4.78 is 14.0. The summed E-state index contributed by atoms with van der Waals surface area (Å²) in [5, 5.41) is 12.2. The third-order valence-electron chi connectivity index (χ3n) is 2.92. The van der Waals surface area contributed by atoms with Crippen LogP contribution in [0.5, 0.6) is 0 Å². The Labute approximate surface area is 118 Å². The van der Waals surface area contributed by atoms with Gasteiger partial charge < -0.3 is 5.32 Å². The van der Waals surface area contributed by atoms with E-state index in [0.717, 1.165) is 5.56 Å². The van der Waals surface area contributed by atoms with Crippen molar-refractivity contribution in [1.29, 1.82) is 5.26 Å². The van der Waals surface area contributed by atoms with Crippen molar-refractivity contribution in [3.05, 3.63) is 53.6 Å². The maximum Gasteiger partial charge on any atom is 0.131 e. The Balaban J connectivity index is 2.35. The number of halogens is 1. The molecule has 0 aliphatic heterocycles. The van der Waals surface area contributed by atoms with Crippen LogP contribution >= 0.6 is 0 Å². The zero-order valence-electron chi connectivity index (χ0n) is 11.5. The van der Waals surface area contributed by atoms with Gasteiger partial charge in [0, 0.05) is 36.1 Å². The van der Waals surface area contributed by atoms with Crippen LogP contribution in [0.25, 0.3) is 11.1 Å². The molecule has 0 radical (unpaired) electrons. The molecule has 1 N–H and O–H groups in total. The van der Waals surface area contributed by atoms with Gasteiger partial charge in [0.15, 0.2) is 0 Å². The zero-order chi connectivity index (χ0) is 14.5. The van der Waals surface area contributed by atoms with E-state index in [2.05, 4.69) is 24.1 Å². The Bertz CT molecular complexity index is 644. The van der Waals surface area contributed by atoms with Gasteiger partial charge in [-0.1, -0.05) is 19.9 Å². The Morgan fingerprint density at radius 2 is 2.10 bits per heavy atom. The molecule has 0 aliphatic carbocycles. The summed E-state index contributed by atoms with van der Waals surface area (Å²) in [6.45, 7) is 4.80. The molecular weight excluding hydrogens is 253 g/mol. The van der Waals surface area contributed by atoms with Gasteiger partial charge in [-0.15, -0.1) is 0 Å². The highest BCUT2D eigenvalue weighted by molar-refractivity contribution is 5.65. The van der Waals surface area contributed by atoms with Crippen molar-refractivity contribution in [2.75, 3.05) is 0 Å². The van der Waals surface area contributed by atoms with Gasteiger partial charge in [-0.2, -0.15) is 5.26 Å². The van der Waals surface area contributed by atoms with E-state index < -0.39 is 0 Å². The second-order valence-electron chi connectivity index (χ2n) is 4.92. The fourth-order valence-corrected chi connectivity index (χ4v) is 1.87. The van der Waals surface area contributed by atoms with Crippen molar-refractivity contribution < 1.29 is 4.39 Å². The van der Waals surface area contributed by atoms with Crippen molar-refractivity contribution in [1.82, 2.24) is 10.3 Å². The number of hydrogen-bond donors (Lipinski definition) is 1. The highest BCUT2D eigenvalue weighted by atomic mass is 19.1. The molecule has 1 aromatic carbocycles. The molecule has 2 aromatic rings. The number of aromatic nitrogens is 1. The predicted octanol–water partition coefficient (Wildman–Crippen LogP) is 3.26. The van der Waals surface area contributed by atoms with Gasteiger partial charge in [-0.3, -0.25) is 4.98 Å². The summed E-state index contributed by atoms with van der Waals surface area (Å²) in [6, 6.07) is 9.03. The van der Waals surface area contributed by atoms with Crippen LogP contribution in [-0.2, 0) is 6.54 Å². The smallest absolute Gasteiger partial charge is 0.131 e. The van der Waals surface area contributed by atoms with E-state index >= 15 is 0 Å². The van der Waals surface area contributed by atoms with Crippen LogP contribution in [0.2, 0.25) is 0 Å². The van der Waals surface area contributed by atoms with Gasteiger partial charge >= 0.3 is 0 Å². The zero-order valence-corrected chi connectivity index (χ0v) is 11.5. The fourth-order valence-electron chi connectivity index (χ4n) is 1.87. The second kappa shape index (κ2) is 6.27. The lowest BCUT2D eigenvalue weighted by atomic mass is 10.0. The maximum atomic E-state index is 14.0. The summed E-state index contributed by atoms with van der Waals surface area (Å²) in [7, 11) is 0. The van der Waals surface area contributed by atoms with Gasteiger partial charge in [0.25, 0.3) is 0 Å². The molecule has 1 aromatic heterocycles. The van der Waals surface area contributed by atoms with Crippen LogP contribution < -0.4 is 5.32 Å². The van der Waals surface area contributed by atoms with E-state index in [-0.39, 0.29) is 5.82 Å². The first kappa shape index (κ1) is 14.2. The second-order valence-corrected chi connectivity index (χ2v) is 4.92. The highest BCUT2D eigenvalue weighted by Crippen LogP contribution is 2.24. The Morgan fingerprint density at radius 3 is 2.80 bits per heavy atom. The lowest BCUT2D eigenvalue weighted by molar-refractivity contribution is 0.586. The molecule has 0 amide bonds. The SMILES string of the molecule is CC(C)NCc1ccc(F)c(-c2cncc(C#N)c2)c1. The largest absolute Gasteiger partial charge is 0.310 e. The van der Waals surface area contributed by atoms with E-state index in [4.69, 9.17) is 5.26 Å². The molecule has 0 fully saturated rings. The van der Waals surface area contributed by atoms with Crippen molar-refractivity contribution in [3.8, 4) is 17.2 Å². The lowest BCUT2D eigenvalue weighted by Crippen LogP contribution is -2.21. The number of hydrogen-bond acceptors (Lipinski definition) is 3. The van der Waals surface area contributed by atoms with E-state index in [0.29, 0.717) is 29.3 Å². The highest BCUT2D eigenvalue weighted by Gasteiger charge is 2.08. The molecule has 0 unspecified atom stereocenters. The summed E-state index contributed by atoms with van der Waals surface area (Å²) in [5.41, 5.74) is 2.51. The molecule has 0 atom stereocenters. The van der Waals surface area contributed by atoms with Crippen molar-refractivity contribution >= 4 is 0 Å².